The number of amides is 1. The van der Waals surface area contributed by atoms with Crippen LogP contribution < -0.4 is 5.32 Å². The van der Waals surface area contributed by atoms with Crippen LogP contribution in [-0.2, 0) is 24.2 Å². The highest BCUT2D eigenvalue weighted by atomic mass is 32.1. The van der Waals surface area contributed by atoms with Gasteiger partial charge in [-0.25, -0.2) is 0 Å². The summed E-state index contributed by atoms with van der Waals surface area (Å²) in [6.07, 6.45) is 2.18. The molecule has 1 N–H and O–H groups in total. The van der Waals surface area contributed by atoms with Gasteiger partial charge in [0.05, 0.1) is 6.54 Å². The van der Waals surface area contributed by atoms with Gasteiger partial charge in [0.15, 0.2) is 0 Å². The van der Waals surface area contributed by atoms with Crippen molar-refractivity contribution < 1.29 is 4.79 Å². The molecule has 1 aromatic carbocycles. The van der Waals surface area contributed by atoms with E-state index in [0.29, 0.717) is 12.6 Å². The molecular weight excluding hydrogens is 280 g/mol. The third kappa shape index (κ3) is 2.61. The Kier molecular flexibility index (Phi) is 3.28. The molecule has 0 bridgehead atoms. The van der Waals surface area contributed by atoms with Gasteiger partial charge in [-0.3, -0.25) is 9.69 Å². The van der Waals surface area contributed by atoms with E-state index in [9.17, 15) is 4.79 Å². The molecule has 2 aromatic rings. The molecule has 108 valence electrons. The number of hydrogen-bond acceptors (Lipinski definition) is 3. The first-order valence-electron chi connectivity index (χ1n) is 7.44. The second-order valence-corrected chi connectivity index (χ2v) is 6.87. The third-order valence-electron chi connectivity index (χ3n) is 4.47. The molecule has 1 aliphatic heterocycles. The number of nitrogens with zero attached hydrogens (tertiary/aromatic N) is 1. The van der Waals surface area contributed by atoms with Crippen LogP contribution in [0.1, 0.15) is 16.0 Å². The van der Waals surface area contributed by atoms with Crippen LogP contribution in [0, 0.1) is 0 Å². The van der Waals surface area contributed by atoms with E-state index < -0.39 is 0 Å². The summed E-state index contributed by atoms with van der Waals surface area (Å²) in [5.41, 5.74) is 2.90. The SMILES string of the molecule is O=C(NCc1cccs1)C1CN1C1Cc2ccccc2C1. The minimum Gasteiger partial charge on any atom is -0.350 e. The van der Waals surface area contributed by atoms with Crippen LogP contribution >= 0.6 is 11.3 Å². The molecule has 1 saturated heterocycles. The predicted molar refractivity (Wildman–Crippen MR) is 84.3 cm³/mol. The molecule has 0 saturated carbocycles. The Morgan fingerprint density at radius 3 is 2.62 bits per heavy atom. The van der Waals surface area contributed by atoms with Crippen molar-refractivity contribution >= 4 is 17.2 Å². The fraction of sp³-hybridized carbons (Fsp3) is 0.353. The highest BCUT2D eigenvalue weighted by Crippen LogP contribution is 2.32. The summed E-state index contributed by atoms with van der Waals surface area (Å²) in [4.78, 5) is 15.7. The number of thiophene rings is 1. The van der Waals surface area contributed by atoms with Gasteiger partial charge in [-0.15, -0.1) is 11.3 Å². The van der Waals surface area contributed by atoms with Gasteiger partial charge < -0.3 is 5.32 Å². The lowest BCUT2D eigenvalue weighted by Gasteiger charge is -2.11. The average Bonchev–Trinajstić information content (AvgIpc) is 2.95. The van der Waals surface area contributed by atoms with Crippen molar-refractivity contribution in [1.82, 2.24) is 10.2 Å². The Hall–Kier alpha value is -1.65. The first-order valence-corrected chi connectivity index (χ1v) is 8.32. The van der Waals surface area contributed by atoms with Crippen LogP contribution in [-0.4, -0.2) is 29.4 Å². The summed E-state index contributed by atoms with van der Waals surface area (Å²) in [5.74, 6) is 0.180. The lowest BCUT2D eigenvalue weighted by atomic mass is 10.1. The zero-order valence-corrected chi connectivity index (χ0v) is 12.6. The van der Waals surface area contributed by atoms with Gasteiger partial charge in [-0.2, -0.15) is 0 Å². The largest absolute Gasteiger partial charge is 0.350 e. The van der Waals surface area contributed by atoms with Crippen LogP contribution in [0.15, 0.2) is 41.8 Å². The zero-order valence-electron chi connectivity index (χ0n) is 11.8. The number of benzene rings is 1. The molecule has 3 nitrogen and oxygen atoms in total. The summed E-state index contributed by atoms with van der Waals surface area (Å²) in [7, 11) is 0. The number of nitrogens with one attached hydrogen (secondary N) is 1. The molecule has 1 aromatic heterocycles. The van der Waals surface area contributed by atoms with Gasteiger partial charge in [-0.05, 0) is 35.4 Å². The van der Waals surface area contributed by atoms with Crippen molar-refractivity contribution in [3.05, 3.63) is 57.8 Å². The lowest BCUT2D eigenvalue weighted by Crippen LogP contribution is -2.32. The molecule has 4 rings (SSSR count). The highest BCUT2D eigenvalue weighted by Gasteiger charge is 2.46. The Balaban J connectivity index is 1.31. The Morgan fingerprint density at radius 1 is 1.19 bits per heavy atom. The van der Waals surface area contributed by atoms with E-state index in [1.54, 1.807) is 11.3 Å². The Morgan fingerprint density at radius 2 is 1.95 bits per heavy atom. The number of carbonyl (C=O) groups is 1. The quantitative estimate of drug-likeness (QED) is 0.878. The Bertz CT molecular complexity index is 628. The first-order chi connectivity index (χ1) is 10.3. The lowest BCUT2D eigenvalue weighted by molar-refractivity contribution is -0.121. The van der Waals surface area contributed by atoms with Crippen molar-refractivity contribution in [3.8, 4) is 0 Å². The summed E-state index contributed by atoms with van der Waals surface area (Å²) < 4.78 is 0. The second kappa shape index (κ2) is 5.28. The minimum absolute atomic E-state index is 0.0873. The average molecular weight is 298 g/mol. The number of fused-ring (bicyclic) bond motifs is 1. The fourth-order valence-corrected chi connectivity index (χ4v) is 3.91. The molecule has 2 aliphatic rings. The fourth-order valence-electron chi connectivity index (χ4n) is 3.26. The van der Waals surface area contributed by atoms with Crippen molar-refractivity contribution in [3.63, 3.8) is 0 Å². The molecule has 0 radical (unpaired) electrons. The van der Waals surface area contributed by atoms with Crippen LogP contribution in [0.5, 0.6) is 0 Å². The van der Waals surface area contributed by atoms with Crippen molar-refractivity contribution in [2.75, 3.05) is 6.54 Å². The maximum absolute atomic E-state index is 12.2. The summed E-state index contributed by atoms with van der Waals surface area (Å²) in [6.45, 7) is 1.57. The monoisotopic (exact) mass is 298 g/mol. The molecule has 21 heavy (non-hydrogen) atoms. The van der Waals surface area contributed by atoms with E-state index in [1.807, 2.05) is 11.4 Å². The summed E-state index contributed by atoms with van der Waals surface area (Å²) in [5, 5.41) is 5.09. The normalized spacial score (nSPS) is 23.8. The molecule has 1 fully saturated rings. The van der Waals surface area contributed by atoms with Crippen LogP contribution in [0.2, 0.25) is 0 Å². The zero-order chi connectivity index (χ0) is 14.2. The van der Waals surface area contributed by atoms with Gasteiger partial charge in [-0.1, -0.05) is 30.3 Å². The van der Waals surface area contributed by atoms with Crippen LogP contribution in [0.25, 0.3) is 0 Å². The maximum Gasteiger partial charge on any atom is 0.238 e. The van der Waals surface area contributed by atoms with E-state index in [1.165, 1.54) is 16.0 Å². The van der Waals surface area contributed by atoms with Crippen molar-refractivity contribution in [2.45, 2.75) is 31.5 Å². The molecule has 0 spiro atoms. The van der Waals surface area contributed by atoms with Gasteiger partial charge in [0, 0.05) is 17.5 Å². The predicted octanol–water partition coefficient (Wildman–Crippen LogP) is 2.22. The van der Waals surface area contributed by atoms with E-state index in [-0.39, 0.29) is 11.9 Å². The number of hydrogen-bond donors (Lipinski definition) is 1. The maximum atomic E-state index is 12.2. The standard InChI is InChI=1S/C17H18N2OS/c20-17(18-10-15-6-3-7-21-15)16-11-19(16)14-8-12-4-1-2-5-13(12)9-14/h1-7,14,16H,8-11H2,(H,18,20). The molecule has 1 amide bonds. The number of rotatable bonds is 4. The van der Waals surface area contributed by atoms with Gasteiger partial charge in [0.1, 0.15) is 6.04 Å². The van der Waals surface area contributed by atoms with E-state index in [0.717, 1.165) is 19.4 Å². The molecule has 4 heteroatoms. The van der Waals surface area contributed by atoms with Crippen LogP contribution in [0.3, 0.4) is 0 Å². The van der Waals surface area contributed by atoms with Crippen molar-refractivity contribution in [2.24, 2.45) is 0 Å². The molecule has 2 heterocycles. The van der Waals surface area contributed by atoms with E-state index in [2.05, 4.69) is 40.5 Å². The summed E-state index contributed by atoms with van der Waals surface area (Å²) in [6, 6.07) is 13.3. The molecule has 1 aliphatic carbocycles. The second-order valence-electron chi connectivity index (χ2n) is 5.84. The highest BCUT2D eigenvalue weighted by molar-refractivity contribution is 7.09. The molecule has 2 unspecified atom stereocenters. The molecular formula is C17H18N2OS. The Labute approximate surface area is 128 Å². The van der Waals surface area contributed by atoms with E-state index >= 15 is 0 Å². The first kappa shape index (κ1) is 13.0. The summed E-state index contributed by atoms with van der Waals surface area (Å²) >= 11 is 1.69. The van der Waals surface area contributed by atoms with Gasteiger partial charge in [0.2, 0.25) is 5.91 Å². The molecule has 2 atom stereocenters. The van der Waals surface area contributed by atoms with Gasteiger partial charge >= 0.3 is 0 Å². The van der Waals surface area contributed by atoms with Crippen molar-refractivity contribution in [1.29, 1.82) is 0 Å². The van der Waals surface area contributed by atoms with E-state index in [4.69, 9.17) is 0 Å². The van der Waals surface area contributed by atoms with Gasteiger partial charge in [0.25, 0.3) is 0 Å². The van der Waals surface area contributed by atoms with Crippen LogP contribution in [0.4, 0.5) is 0 Å². The minimum atomic E-state index is 0.0873. The topological polar surface area (TPSA) is 32.1 Å². The third-order valence-corrected chi connectivity index (χ3v) is 5.34. The number of carbonyl (C=O) groups excluding carboxylic acids is 1. The smallest absolute Gasteiger partial charge is 0.238 e.